The maximum absolute atomic E-state index is 14.5. The predicted molar refractivity (Wildman–Crippen MR) is 195 cm³/mol. The first-order chi connectivity index (χ1) is 23.6. The summed E-state index contributed by atoms with van der Waals surface area (Å²) >= 11 is 6.57. The molecule has 0 fully saturated rings. The van der Waals surface area contributed by atoms with E-state index in [0.29, 0.717) is 39.8 Å². The van der Waals surface area contributed by atoms with Crippen molar-refractivity contribution < 1.29 is 14.7 Å². The lowest BCUT2D eigenvalue weighted by Gasteiger charge is -2.38. The van der Waals surface area contributed by atoms with Gasteiger partial charge < -0.3 is 24.0 Å². The van der Waals surface area contributed by atoms with Crippen LogP contribution < -0.4 is 4.90 Å². The molecule has 1 aliphatic heterocycles. The molecule has 4 aromatic carbocycles. The van der Waals surface area contributed by atoms with Gasteiger partial charge in [0.2, 0.25) is 0 Å². The molecule has 8 nitrogen and oxygen atoms in total. The molecular formula is C40H38ClN5O3. The number of likely N-dealkylation sites (N-methyl/N-ethyl adjacent to an activating group) is 1. The Morgan fingerprint density at radius 3 is 2.39 bits per heavy atom. The molecule has 9 heteroatoms. The average molecular weight is 672 g/mol. The van der Waals surface area contributed by atoms with Crippen LogP contribution in [0, 0.1) is 6.92 Å². The summed E-state index contributed by atoms with van der Waals surface area (Å²) < 4.78 is 3.91. The highest BCUT2D eigenvalue weighted by molar-refractivity contribution is 6.31. The molecule has 6 aromatic rings. The second-order valence-electron chi connectivity index (χ2n) is 13.1. The molecule has 0 radical (unpaired) electrons. The fourth-order valence-electron chi connectivity index (χ4n) is 6.92. The molecular weight excluding hydrogens is 634 g/mol. The lowest BCUT2D eigenvalue weighted by atomic mass is 9.93. The topological polar surface area (TPSA) is 73.9 Å². The monoisotopic (exact) mass is 671 g/mol. The Balaban J connectivity index is 1.28. The molecule has 7 rings (SSSR count). The Kier molecular flexibility index (Phi) is 8.52. The van der Waals surface area contributed by atoms with Crippen molar-refractivity contribution in [2.75, 3.05) is 25.5 Å². The molecule has 1 N–H and O–H groups in total. The lowest BCUT2D eigenvalue weighted by Crippen LogP contribution is -2.49. The zero-order valence-electron chi connectivity index (χ0n) is 28.0. The van der Waals surface area contributed by atoms with Crippen molar-refractivity contribution in [3.05, 3.63) is 142 Å². The van der Waals surface area contributed by atoms with E-state index in [1.54, 1.807) is 53.6 Å². The molecule has 0 spiro atoms. The zero-order valence-corrected chi connectivity index (χ0v) is 28.7. The first-order valence-electron chi connectivity index (χ1n) is 16.3. The van der Waals surface area contributed by atoms with Gasteiger partial charge in [0, 0.05) is 71.6 Å². The summed E-state index contributed by atoms with van der Waals surface area (Å²) in [5, 5.41) is 11.5. The molecule has 1 atom stereocenters. The number of aryl methyl sites for hydroxylation is 2. The minimum Gasteiger partial charge on any atom is -0.508 e. The smallest absolute Gasteiger partial charge is 0.264 e. The lowest BCUT2D eigenvalue weighted by molar-refractivity contribution is 0.0606. The first-order valence-corrected chi connectivity index (χ1v) is 16.6. The summed E-state index contributed by atoms with van der Waals surface area (Å²) in [4.78, 5) is 34.8. The fourth-order valence-corrected chi connectivity index (χ4v) is 7.09. The quantitative estimate of drug-likeness (QED) is 0.188. The number of carbonyl (C=O) groups is 2. The average Bonchev–Trinajstić information content (AvgIpc) is 3.66. The van der Waals surface area contributed by atoms with Crippen molar-refractivity contribution in [3.8, 4) is 11.4 Å². The van der Waals surface area contributed by atoms with Crippen LogP contribution in [0.1, 0.15) is 37.5 Å². The van der Waals surface area contributed by atoms with Crippen molar-refractivity contribution in [1.82, 2.24) is 18.9 Å². The number of anilines is 2. The van der Waals surface area contributed by atoms with Gasteiger partial charge in [-0.3, -0.25) is 14.5 Å². The van der Waals surface area contributed by atoms with E-state index in [2.05, 4.69) is 23.1 Å². The highest BCUT2D eigenvalue weighted by Gasteiger charge is 2.32. The van der Waals surface area contributed by atoms with E-state index in [-0.39, 0.29) is 23.6 Å². The highest BCUT2D eigenvalue weighted by Crippen LogP contribution is 2.34. The summed E-state index contributed by atoms with van der Waals surface area (Å²) in [5.74, 6) is -0.230. The van der Waals surface area contributed by atoms with Gasteiger partial charge in [0.1, 0.15) is 5.75 Å². The number of rotatable bonds is 7. The fraction of sp³-hybridized carbons (Fsp3) is 0.200. The van der Waals surface area contributed by atoms with Gasteiger partial charge in [-0.1, -0.05) is 35.9 Å². The van der Waals surface area contributed by atoms with Gasteiger partial charge in [0.15, 0.2) is 0 Å². The van der Waals surface area contributed by atoms with Crippen LogP contribution >= 0.6 is 11.6 Å². The van der Waals surface area contributed by atoms with Gasteiger partial charge in [-0.15, -0.1) is 0 Å². The number of benzene rings is 4. The summed E-state index contributed by atoms with van der Waals surface area (Å²) in [6.45, 7) is 3.15. The van der Waals surface area contributed by atoms with E-state index in [1.807, 2.05) is 84.7 Å². The molecule has 0 unspecified atom stereocenters. The third kappa shape index (κ3) is 6.21. The molecule has 248 valence electrons. The molecule has 0 saturated heterocycles. The number of amides is 2. The van der Waals surface area contributed by atoms with Crippen LogP contribution in [-0.2, 0) is 20.0 Å². The number of aromatic hydroxyl groups is 1. The van der Waals surface area contributed by atoms with E-state index < -0.39 is 0 Å². The Morgan fingerprint density at radius 2 is 1.63 bits per heavy atom. The number of halogens is 1. The van der Waals surface area contributed by atoms with Gasteiger partial charge >= 0.3 is 0 Å². The van der Waals surface area contributed by atoms with Crippen molar-refractivity contribution >= 4 is 45.7 Å². The Hall–Kier alpha value is -5.31. The van der Waals surface area contributed by atoms with E-state index in [1.165, 1.54) is 5.56 Å². The van der Waals surface area contributed by atoms with E-state index in [0.717, 1.165) is 35.1 Å². The molecule has 2 aromatic heterocycles. The zero-order chi connectivity index (χ0) is 34.4. The predicted octanol–water partition coefficient (Wildman–Crippen LogP) is 7.74. The minimum atomic E-state index is -0.253. The van der Waals surface area contributed by atoms with Crippen LogP contribution in [0.2, 0.25) is 5.02 Å². The largest absolute Gasteiger partial charge is 0.508 e. The minimum absolute atomic E-state index is 0.00959. The van der Waals surface area contributed by atoms with E-state index >= 15 is 0 Å². The summed E-state index contributed by atoms with van der Waals surface area (Å²) in [5.41, 5.74) is 7.10. The van der Waals surface area contributed by atoms with Gasteiger partial charge in [0.05, 0.1) is 16.8 Å². The van der Waals surface area contributed by atoms with Gasteiger partial charge in [-0.05, 0) is 111 Å². The molecule has 2 amide bonds. The Bertz CT molecular complexity index is 2200. The second kappa shape index (κ2) is 13.0. The molecule has 49 heavy (non-hydrogen) atoms. The van der Waals surface area contributed by atoms with Crippen molar-refractivity contribution in [2.24, 2.45) is 7.05 Å². The number of phenolic OH excluding ortho intramolecular Hbond substituents is 1. The van der Waals surface area contributed by atoms with Crippen LogP contribution in [0.3, 0.4) is 0 Å². The molecule has 0 bridgehead atoms. The van der Waals surface area contributed by atoms with Crippen molar-refractivity contribution in [1.29, 1.82) is 0 Å². The van der Waals surface area contributed by atoms with Crippen LogP contribution in [0.4, 0.5) is 11.4 Å². The van der Waals surface area contributed by atoms with Crippen molar-refractivity contribution in [2.45, 2.75) is 25.9 Å². The Labute approximate surface area is 291 Å². The van der Waals surface area contributed by atoms with Crippen LogP contribution in [-0.4, -0.2) is 62.5 Å². The second-order valence-corrected chi connectivity index (χ2v) is 13.5. The molecule has 1 aliphatic rings. The SMILES string of the molecule is Cc1cc(C(=O)N(c2ccc(O)cc2)c2ccc3c(ccn3C)c2)cn1-c1cc(Cl)ccc1C(=O)N1Cc2ccccc2C[C@H]1CN(C)C. The maximum atomic E-state index is 14.5. The number of aromatic nitrogens is 2. The van der Waals surface area contributed by atoms with E-state index in [9.17, 15) is 14.7 Å². The molecule has 0 aliphatic carbocycles. The maximum Gasteiger partial charge on any atom is 0.264 e. The first kappa shape index (κ1) is 32.2. The number of hydrogen-bond donors (Lipinski definition) is 1. The molecule has 0 saturated carbocycles. The summed E-state index contributed by atoms with van der Waals surface area (Å²) in [6, 6.07) is 29.9. The normalized spacial score (nSPS) is 14.3. The number of phenols is 1. The van der Waals surface area contributed by atoms with Gasteiger partial charge in [-0.2, -0.15) is 0 Å². The highest BCUT2D eigenvalue weighted by atomic mass is 35.5. The Morgan fingerprint density at radius 1 is 0.898 bits per heavy atom. The number of nitrogens with zero attached hydrogens (tertiary/aromatic N) is 5. The van der Waals surface area contributed by atoms with E-state index in [4.69, 9.17) is 11.6 Å². The van der Waals surface area contributed by atoms with Crippen LogP contribution in [0.15, 0.2) is 109 Å². The summed E-state index contributed by atoms with van der Waals surface area (Å²) in [6.07, 6.45) is 4.53. The summed E-state index contributed by atoms with van der Waals surface area (Å²) in [7, 11) is 6.04. The third-order valence-corrected chi connectivity index (χ3v) is 9.57. The third-order valence-electron chi connectivity index (χ3n) is 9.34. The number of carbonyl (C=O) groups excluding carboxylic acids is 2. The van der Waals surface area contributed by atoms with Crippen molar-refractivity contribution in [3.63, 3.8) is 0 Å². The number of fused-ring (bicyclic) bond motifs is 2. The molecule has 3 heterocycles. The van der Waals surface area contributed by atoms with Gasteiger partial charge in [-0.25, -0.2) is 0 Å². The standard InChI is InChI=1S/C40H38ClN5O3/c1-26-19-30(39(48)46(32-10-13-35(47)14-11-32)33-12-16-37-28(21-33)17-18-43(37)4)24-44(26)38-22-31(41)9-15-36(38)40(49)45-23-29-8-6-5-7-27(29)20-34(45)25-42(2)3/h5-19,21-22,24,34,47H,20,23,25H2,1-4H3/t34-/m0/s1. The van der Waals surface area contributed by atoms with Crippen LogP contribution in [0.25, 0.3) is 16.6 Å². The van der Waals surface area contributed by atoms with Crippen LogP contribution in [0.5, 0.6) is 5.75 Å². The number of hydrogen-bond acceptors (Lipinski definition) is 4. The van der Waals surface area contributed by atoms with Gasteiger partial charge in [0.25, 0.3) is 11.8 Å².